The Balaban J connectivity index is 2.35. The Bertz CT molecular complexity index is 531. The number of halogens is 3. The predicted molar refractivity (Wildman–Crippen MR) is 67.0 cm³/mol. The zero-order chi connectivity index (χ0) is 12.4. The molecule has 2 N–H and O–H groups in total. The van der Waals surface area contributed by atoms with E-state index in [0.29, 0.717) is 26.8 Å². The smallest absolute Gasteiger partial charge is 0.161 e. The highest BCUT2D eigenvalue weighted by Gasteiger charge is 2.15. The molecule has 2 aromatic rings. The van der Waals surface area contributed by atoms with Crippen molar-refractivity contribution < 1.29 is 9.74 Å². The van der Waals surface area contributed by atoms with Gasteiger partial charge in [-0.1, -0.05) is 23.2 Å². The first kappa shape index (κ1) is 12.7. The van der Waals surface area contributed by atoms with Gasteiger partial charge < -0.3 is 10.4 Å². The number of nitrogens with zero attached hydrogens (tertiary/aromatic N) is 2. The fraction of sp³-hybridized carbons (Fsp3) is 0.333. The highest BCUT2D eigenvalue weighted by atomic mass is 35.5. The topological polar surface area (TPSA) is 71.2 Å². The van der Waals surface area contributed by atoms with Gasteiger partial charge in [0.25, 0.3) is 0 Å². The molecule has 1 heterocycles. The van der Waals surface area contributed by atoms with Crippen LogP contribution in [0.3, 0.4) is 0 Å². The van der Waals surface area contributed by atoms with Crippen molar-refractivity contribution in [3.63, 3.8) is 0 Å². The Hall–Kier alpha value is -0.750. The summed E-state index contributed by atoms with van der Waals surface area (Å²) in [6.07, 6.45) is -0.682. The van der Waals surface area contributed by atoms with Gasteiger partial charge in [0.2, 0.25) is 0 Å². The van der Waals surface area contributed by atoms with Crippen LogP contribution < -0.4 is 5.32 Å². The number of aliphatic hydroxyl groups excluding tert-OH is 1. The van der Waals surface area contributed by atoms with Gasteiger partial charge in [-0.15, -0.1) is 11.6 Å². The molecule has 5 nitrogen and oxygen atoms in total. The lowest BCUT2D eigenvalue weighted by atomic mass is 10.2. The summed E-state index contributed by atoms with van der Waals surface area (Å²) < 4.78 is 4.60. The average molecular weight is 297 g/mol. The molecule has 1 aromatic carbocycles. The van der Waals surface area contributed by atoms with E-state index in [4.69, 9.17) is 34.8 Å². The Morgan fingerprint density at radius 3 is 2.71 bits per heavy atom. The van der Waals surface area contributed by atoms with E-state index in [1.165, 1.54) is 6.07 Å². The molecule has 0 saturated heterocycles. The summed E-state index contributed by atoms with van der Waals surface area (Å²) in [6, 6.07) is 1.53. The second kappa shape index (κ2) is 5.27. The molecule has 1 aromatic heterocycles. The molecule has 0 fully saturated rings. The van der Waals surface area contributed by atoms with Crippen LogP contribution in [-0.2, 0) is 0 Å². The van der Waals surface area contributed by atoms with Gasteiger partial charge in [-0.2, -0.15) is 0 Å². The van der Waals surface area contributed by atoms with E-state index < -0.39 is 6.10 Å². The van der Waals surface area contributed by atoms with Gasteiger partial charge in [0.05, 0.1) is 27.7 Å². The maximum Gasteiger partial charge on any atom is 0.161 e. The minimum absolute atomic E-state index is 0.123. The third kappa shape index (κ3) is 2.57. The van der Waals surface area contributed by atoms with Crippen molar-refractivity contribution in [2.45, 2.75) is 6.10 Å². The lowest BCUT2D eigenvalue weighted by Crippen LogP contribution is -2.21. The minimum Gasteiger partial charge on any atom is -0.390 e. The molecule has 0 aliphatic heterocycles. The standard InChI is InChI=1S/C9H8Cl3N3O2/c10-2-4(16)3-13-7-5(11)1-6(12)8-9(7)15-17-14-8/h1,4,13,16H,2-3H2. The number of alkyl halides is 1. The van der Waals surface area contributed by atoms with Crippen molar-refractivity contribution in [1.82, 2.24) is 10.3 Å². The van der Waals surface area contributed by atoms with Crippen molar-refractivity contribution in [3.8, 4) is 0 Å². The number of benzene rings is 1. The van der Waals surface area contributed by atoms with Gasteiger partial charge in [-0.3, -0.25) is 0 Å². The molecule has 0 spiro atoms. The van der Waals surface area contributed by atoms with E-state index in [1.54, 1.807) is 0 Å². The third-order valence-electron chi connectivity index (χ3n) is 2.14. The second-order valence-electron chi connectivity index (χ2n) is 3.37. The molecule has 0 bridgehead atoms. The average Bonchev–Trinajstić information content (AvgIpc) is 2.77. The first-order chi connectivity index (χ1) is 8.13. The molecule has 0 radical (unpaired) electrons. The number of anilines is 1. The summed E-state index contributed by atoms with van der Waals surface area (Å²) in [6.45, 7) is 0.243. The SMILES string of the molecule is OC(CCl)CNc1c(Cl)cc(Cl)c2nonc12. The first-order valence-corrected chi connectivity index (χ1v) is 6.00. The zero-order valence-electron chi connectivity index (χ0n) is 8.45. The number of aliphatic hydroxyl groups is 1. The number of fused-ring (bicyclic) bond motifs is 1. The van der Waals surface area contributed by atoms with Crippen molar-refractivity contribution in [2.75, 3.05) is 17.7 Å². The van der Waals surface area contributed by atoms with Gasteiger partial charge in [0, 0.05) is 6.54 Å². The lowest BCUT2D eigenvalue weighted by molar-refractivity contribution is 0.211. The monoisotopic (exact) mass is 295 g/mol. The molecule has 92 valence electrons. The molecular weight excluding hydrogens is 288 g/mol. The molecule has 17 heavy (non-hydrogen) atoms. The second-order valence-corrected chi connectivity index (χ2v) is 4.49. The van der Waals surface area contributed by atoms with E-state index in [-0.39, 0.29) is 12.4 Å². The maximum atomic E-state index is 9.36. The van der Waals surface area contributed by atoms with Crippen LogP contribution in [0.15, 0.2) is 10.7 Å². The number of hydrogen-bond donors (Lipinski definition) is 2. The summed E-state index contributed by atoms with van der Waals surface area (Å²) in [5.74, 6) is 0.123. The van der Waals surface area contributed by atoms with Gasteiger partial charge >= 0.3 is 0 Å². The summed E-state index contributed by atoms with van der Waals surface area (Å²) >= 11 is 17.4. The number of aromatic nitrogens is 2. The van der Waals surface area contributed by atoms with Crippen LogP contribution in [0.4, 0.5) is 5.69 Å². The summed E-state index contributed by atoms with van der Waals surface area (Å²) in [7, 11) is 0. The highest BCUT2D eigenvalue weighted by Crippen LogP contribution is 2.34. The summed E-state index contributed by atoms with van der Waals surface area (Å²) in [5.41, 5.74) is 1.35. The Morgan fingerprint density at radius 1 is 1.29 bits per heavy atom. The van der Waals surface area contributed by atoms with Gasteiger partial charge in [-0.05, 0) is 16.4 Å². The van der Waals surface area contributed by atoms with Crippen LogP contribution >= 0.6 is 34.8 Å². The largest absolute Gasteiger partial charge is 0.390 e. The molecule has 0 aliphatic rings. The van der Waals surface area contributed by atoms with Crippen LogP contribution in [0.1, 0.15) is 0 Å². The maximum absolute atomic E-state index is 9.36. The van der Waals surface area contributed by atoms with E-state index >= 15 is 0 Å². The fourth-order valence-corrected chi connectivity index (χ4v) is 1.98. The van der Waals surface area contributed by atoms with Crippen molar-refractivity contribution in [3.05, 3.63) is 16.1 Å². The quantitative estimate of drug-likeness (QED) is 0.848. The van der Waals surface area contributed by atoms with Crippen LogP contribution in [0.2, 0.25) is 10.0 Å². The summed E-state index contributed by atoms with van der Waals surface area (Å²) in [5, 5.41) is 20.4. The van der Waals surface area contributed by atoms with Crippen LogP contribution in [0.25, 0.3) is 11.0 Å². The summed E-state index contributed by atoms with van der Waals surface area (Å²) in [4.78, 5) is 0. The molecule has 0 amide bonds. The van der Waals surface area contributed by atoms with Crippen LogP contribution in [-0.4, -0.2) is 33.9 Å². The van der Waals surface area contributed by atoms with Gasteiger partial charge in [-0.25, -0.2) is 4.63 Å². The van der Waals surface area contributed by atoms with Crippen molar-refractivity contribution in [1.29, 1.82) is 0 Å². The molecule has 1 atom stereocenters. The first-order valence-electron chi connectivity index (χ1n) is 4.71. The lowest BCUT2D eigenvalue weighted by Gasteiger charge is -2.11. The Labute approximate surface area is 112 Å². The van der Waals surface area contributed by atoms with E-state index in [2.05, 4.69) is 20.3 Å². The Morgan fingerprint density at radius 2 is 2.00 bits per heavy atom. The van der Waals surface area contributed by atoms with Crippen molar-refractivity contribution >= 4 is 51.5 Å². The van der Waals surface area contributed by atoms with Crippen LogP contribution in [0.5, 0.6) is 0 Å². The zero-order valence-corrected chi connectivity index (χ0v) is 10.7. The predicted octanol–water partition coefficient (Wildman–Crippen LogP) is 2.54. The number of nitrogens with one attached hydrogen (secondary N) is 1. The molecule has 0 saturated carbocycles. The fourth-order valence-electron chi connectivity index (χ4n) is 1.32. The van der Waals surface area contributed by atoms with E-state index in [9.17, 15) is 5.11 Å². The molecule has 2 rings (SSSR count). The van der Waals surface area contributed by atoms with E-state index in [1.807, 2.05) is 0 Å². The Kier molecular flexibility index (Phi) is 3.93. The van der Waals surface area contributed by atoms with Gasteiger partial charge in [0.15, 0.2) is 11.0 Å². The normalized spacial score (nSPS) is 12.9. The molecule has 0 aliphatic carbocycles. The van der Waals surface area contributed by atoms with Crippen molar-refractivity contribution in [2.24, 2.45) is 0 Å². The molecule has 1 unspecified atom stereocenters. The number of rotatable bonds is 4. The third-order valence-corrected chi connectivity index (χ3v) is 3.08. The molecular formula is C9H8Cl3N3O2. The number of hydrogen-bond acceptors (Lipinski definition) is 5. The minimum atomic E-state index is -0.682. The van der Waals surface area contributed by atoms with Crippen LogP contribution in [0, 0.1) is 0 Å². The highest BCUT2D eigenvalue weighted by molar-refractivity contribution is 6.40. The molecule has 8 heteroatoms. The van der Waals surface area contributed by atoms with E-state index in [0.717, 1.165) is 0 Å². The van der Waals surface area contributed by atoms with Gasteiger partial charge in [0.1, 0.15) is 0 Å².